The van der Waals surface area contributed by atoms with E-state index >= 15 is 0 Å². The number of rotatable bonds is 1. The second-order valence-corrected chi connectivity index (χ2v) is 5.10. The largest absolute Gasteiger partial charge is 0.403 e. The van der Waals surface area contributed by atoms with Crippen LogP contribution < -0.4 is 5.32 Å². The zero-order chi connectivity index (χ0) is 14.0. The number of amides is 2. The number of alkyl halides is 3. The van der Waals surface area contributed by atoms with E-state index < -0.39 is 18.3 Å². The summed E-state index contributed by atoms with van der Waals surface area (Å²) < 4.78 is 37.6. The Hall–Kier alpha value is -1.11. The van der Waals surface area contributed by atoms with Crippen LogP contribution in [-0.2, 0) is 9.59 Å². The third-order valence-electron chi connectivity index (χ3n) is 3.72. The molecule has 0 saturated carbocycles. The summed E-state index contributed by atoms with van der Waals surface area (Å²) in [6, 6.07) is -1.96. The average Bonchev–Trinajstić information content (AvgIpc) is 2.50. The molecule has 0 radical (unpaired) electrons. The van der Waals surface area contributed by atoms with Crippen LogP contribution in [0.4, 0.5) is 13.2 Å². The molecule has 2 amide bonds. The first kappa shape index (κ1) is 14.3. The van der Waals surface area contributed by atoms with Gasteiger partial charge in [0.1, 0.15) is 6.04 Å². The van der Waals surface area contributed by atoms with Gasteiger partial charge in [0.15, 0.2) is 0 Å². The van der Waals surface area contributed by atoms with E-state index in [4.69, 9.17) is 0 Å². The minimum Gasteiger partial charge on any atom is -0.304 e. The van der Waals surface area contributed by atoms with Crippen LogP contribution in [0, 0.1) is 0 Å². The molecule has 2 heterocycles. The summed E-state index contributed by atoms with van der Waals surface area (Å²) >= 11 is 0. The van der Waals surface area contributed by atoms with Gasteiger partial charge >= 0.3 is 6.18 Å². The van der Waals surface area contributed by atoms with Crippen LogP contribution in [0.3, 0.4) is 0 Å². The van der Waals surface area contributed by atoms with Crippen molar-refractivity contribution >= 4 is 11.8 Å². The predicted molar refractivity (Wildman–Crippen MR) is 61.2 cm³/mol. The van der Waals surface area contributed by atoms with Gasteiger partial charge < -0.3 is 5.32 Å². The highest BCUT2D eigenvalue weighted by atomic mass is 19.4. The fourth-order valence-electron chi connectivity index (χ4n) is 2.68. The Morgan fingerprint density at radius 1 is 1.05 bits per heavy atom. The molecule has 0 aromatic carbocycles. The molecule has 2 aliphatic heterocycles. The van der Waals surface area contributed by atoms with Crippen LogP contribution in [0.1, 0.15) is 38.5 Å². The number of likely N-dealkylation sites (tertiary alicyclic amines) is 1. The number of piperidine rings is 1. The molecule has 7 heteroatoms. The van der Waals surface area contributed by atoms with Gasteiger partial charge in [0, 0.05) is 19.4 Å². The van der Waals surface area contributed by atoms with Gasteiger partial charge in [-0.05, 0) is 25.7 Å². The molecule has 19 heavy (non-hydrogen) atoms. The Morgan fingerprint density at radius 2 is 1.63 bits per heavy atom. The number of carbonyl (C=O) groups excluding carboxylic acids is 2. The average molecular weight is 278 g/mol. The quantitative estimate of drug-likeness (QED) is 0.741. The zero-order valence-electron chi connectivity index (χ0n) is 10.5. The van der Waals surface area contributed by atoms with Crippen molar-refractivity contribution in [2.45, 2.75) is 56.8 Å². The summed E-state index contributed by atoms with van der Waals surface area (Å²) in [7, 11) is 0. The summed E-state index contributed by atoms with van der Waals surface area (Å²) in [5.41, 5.74) is 0. The third-order valence-corrected chi connectivity index (χ3v) is 3.72. The summed E-state index contributed by atoms with van der Waals surface area (Å²) in [6.45, 7) is 0.0294. The molecule has 0 aromatic rings. The van der Waals surface area contributed by atoms with Crippen LogP contribution in [0.5, 0.6) is 0 Å². The second-order valence-electron chi connectivity index (χ2n) is 5.10. The Kier molecular flexibility index (Phi) is 4.13. The van der Waals surface area contributed by atoms with Crippen LogP contribution in [0.25, 0.3) is 0 Å². The van der Waals surface area contributed by atoms with E-state index in [1.807, 2.05) is 0 Å². The lowest BCUT2D eigenvalue weighted by molar-refractivity contribution is -0.164. The summed E-state index contributed by atoms with van der Waals surface area (Å²) in [6.07, 6.45) is -2.17. The normalized spacial score (nSPS) is 30.4. The minimum absolute atomic E-state index is 0.0294. The van der Waals surface area contributed by atoms with E-state index in [1.165, 1.54) is 4.90 Å². The molecule has 0 aromatic heterocycles. The van der Waals surface area contributed by atoms with E-state index in [9.17, 15) is 22.8 Å². The number of nitrogens with zero attached hydrogens (tertiary/aromatic N) is 1. The van der Waals surface area contributed by atoms with Crippen LogP contribution in [0.2, 0.25) is 0 Å². The van der Waals surface area contributed by atoms with Crippen molar-refractivity contribution in [3.63, 3.8) is 0 Å². The lowest BCUT2D eigenvalue weighted by Crippen LogP contribution is -2.56. The Balaban J connectivity index is 1.99. The van der Waals surface area contributed by atoms with Crippen molar-refractivity contribution in [2.75, 3.05) is 6.54 Å². The Labute approximate surface area is 109 Å². The van der Waals surface area contributed by atoms with Gasteiger partial charge in [-0.15, -0.1) is 0 Å². The molecule has 2 unspecified atom stereocenters. The predicted octanol–water partition coefficient (Wildman–Crippen LogP) is 1.60. The number of hydrogen-bond acceptors (Lipinski definition) is 3. The maximum absolute atomic E-state index is 12.5. The van der Waals surface area contributed by atoms with Crippen molar-refractivity contribution < 1.29 is 22.8 Å². The monoisotopic (exact) mass is 278 g/mol. The molecule has 2 aliphatic rings. The van der Waals surface area contributed by atoms with Gasteiger partial charge in [-0.1, -0.05) is 0 Å². The smallest absolute Gasteiger partial charge is 0.304 e. The van der Waals surface area contributed by atoms with Crippen LogP contribution in [0.15, 0.2) is 0 Å². The van der Waals surface area contributed by atoms with Crippen molar-refractivity contribution in [1.29, 1.82) is 0 Å². The first-order chi connectivity index (χ1) is 8.89. The first-order valence-electron chi connectivity index (χ1n) is 6.54. The highest BCUT2D eigenvalue weighted by Crippen LogP contribution is 2.28. The van der Waals surface area contributed by atoms with Crippen LogP contribution >= 0.6 is 0 Å². The molecular weight excluding hydrogens is 261 g/mol. The molecule has 2 fully saturated rings. The van der Waals surface area contributed by atoms with Gasteiger partial charge in [0.05, 0.1) is 6.04 Å². The SMILES string of the molecule is O=C1CCCCC(=O)N1C1CCC(C(F)(F)F)NC1. The zero-order valence-corrected chi connectivity index (χ0v) is 10.5. The van der Waals surface area contributed by atoms with E-state index in [0.29, 0.717) is 25.7 Å². The molecule has 4 nitrogen and oxygen atoms in total. The molecule has 0 aliphatic carbocycles. The highest BCUT2D eigenvalue weighted by Gasteiger charge is 2.43. The standard InChI is InChI=1S/C12H17F3N2O2/c13-12(14,15)9-6-5-8(7-16-9)17-10(18)3-1-2-4-11(17)19/h8-9,16H,1-7H2. The summed E-state index contributed by atoms with van der Waals surface area (Å²) in [5, 5.41) is 2.40. The highest BCUT2D eigenvalue weighted by molar-refractivity contribution is 5.96. The number of carbonyl (C=O) groups is 2. The maximum Gasteiger partial charge on any atom is 0.403 e. The number of hydrogen-bond donors (Lipinski definition) is 1. The fraction of sp³-hybridized carbons (Fsp3) is 0.833. The van der Waals surface area contributed by atoms with Crippen LogP contribution in [-0.4, -0.2) is 41.5 Å². The fourth-order valence-corrected chi connectivity index (χ4v) is 2.68. The Morgan fingerprint density at radius 3 is 2.05 bits per heavy atom. The molecule has 108 valence electrons. The Bertz CT molecular complexity index is 344. The number of halogens is 3. The summed E-state index contributed by atoms with van der Waals surface area (Å²) in [5.74, 6) is -0.500. The molecule has 0 bridgehead atoms. The van der Waals surface area contributed by atoms with E-state index in [-0.39, 0.29) is 31.2 Å². The summed E-state index contributed by atoms with van der Waals surface area (Å²) in [4.78, 5) is 24.9. The van der Waals surface area contributed by atoms with E-state index in [0.717, 1.165) is 0 Å². The second kappa shape index (κ2) is 5.48. The molecule has 1 N–H and O–H groups in total. The topological polar surface area (TPSA) is 49.4 Å². The van der Waals surface area contributed by atoms with Crippen molar-refractivity contribution in [3.05, 3.63) is 0 Å². The molecule has 2 rings (SSSR count). The van der Waals surface area contributed by atoms with Gasteiger partial charge in [-0.25, -0.2) is 0 Å². The maximum atomic E-state index is 12.5. The molecule has 0 spiro atoms. The number of imide groups is 1. The molecular formula is C12H17F3N2O2. The third kappa shape index (κ3) is 3.26. The van der Waals surface area contributed by atoms with Gasteiger partial charge in [-0.2, -0.15) is 13.2 Å². The lowest BCUT2D eigenvalue weighted by atomic mass is 9.98. The van der Waals surface area contributed by atoms with Crippen molar-refractivity contribution in [1.82, 2.24) is 10.2 Å². The van der Waals surface area contributed by atoms with Gasteiger partial charge in [-0.3, -0.25) is 14.5 Å². The van der Waals surface area contributed by atoms with Gasteiger partial charge in [0.2, 0.25) is 11.8 Å². The minimum atomic E-state index is -4.27. The van der Waals surface area contributed by atoms with E-state index in [1.54, 1.807) is 0 Å². The van der Waals surface area contributed by atoms with Gasteiger partial charge in [0.25, 0.3) is 0 Å². The first-order valence-corrected chi connectivity index (χ1v) is 6.54. The molecule has 2 atom stereocenters. The van der Waals surface area contributed by atoms with Crippen molar-refractivity contribution in [2.24, 2.45) is 0 Å². The van der Waals surface area contributed by atoms with Crippen molar-refractivity contribution in [3.8, 4) is 0 Å². The number of nitrogens with one attached hydrogen (secondary N) is 1. The van der Waals surface area contributed by atoms with E-state index in [2.05, 4.69) is 5.32 Å². The molecule has 2 saturated heterocycles. The lowest BCUT2D eigenvalue weighted by Gasteiger charge is -2.36.